The summed E-state index contributed by atoms with van der Waals surface area (Å²) in [6.45, 7) is 1.37. The highest BCUT2D eigenvalue weighted by molar-refractivity contribution is 7.86. The third-order valence-electron chi connectivity index (χ3n) is 13.5. The molecule has 18 aliphatic carbocycles. The second-order valence-corrected chi connectivity index (χ2v) is 21.2. The second kappa shape index (κ2) is 17.7. The Labute approximate surface area is 336 Å². The first-order valence-electron chi connectivity index (χ1n) is 20.9. The SMILES string of the molecule is CCS(=O)(=O)O.COS(C)(=O)=O.c1cc2ccc1CC1CC3CC(C1)CC(C3)c1ccc-2cc1.c1cc2ccc1CC1CC3CC(C1)CC(C3)c1ccc-2cc1. The first-order valence-corrected chi connectivity index (χ1v) is 24.3. The predicted molar refractivity (Wildman–Crippen MR) is 228 cm³/mol. The third-order valence-corrected chi connectivity index (χ3v) is 14.9. The molecule has 56 heavy (non-hydrogen) atoms. The molecule has 0 saturated heterocycles. The van der Waals surface area contributed by atoms with E-state index in [1.165, 1.54) is 106 Å². The highest BCUT2D eigenvalue weighted by Gasteiger charge is 2.38. The van der Waals surface area contributed by atoms with Crippen molar-refractivity contribution >= 4 is 20.2 Å². The monoisotopic (exact) mass is 796 g/mol. The molecule has 0 heterocycles. The molecule has 8 heteroatoms. The molecule has 4 aromatic rings. The van der Waals surface area contributed by atoms with Crippen LogP contribution in [0.2, 0.25) is 0 Å². The number of benzene rings is 4. The lowest BCUT2D eigenvalue weighted by molar-refractivity contribution is 0.122. The highest BCUT2D eigenvalue weighted by Crippen LogP contribution is 2.50. The fourth-order valence-corrected chi connectivity index (χ4v) is 11.1. The van der Waals surface area contributed by atoms with E-state index in [1.807, 2.05) is 0 Å². The lowest BCUT2D eigenvalue weighted by atomic mass is 9.62. The largest absolute Gasteiger partial charge is 0.286 e. The summed E-state index contributed by atoms with van der Waals surface area (Å²) in [6, 6.07) is 37.7. The van der Waals surface area contributed by atoms with E-state index < -0.39 is 20.2 Å². The number of hydrogen-bond donors (Lipinski definition) is 1. The van der Waals surface area contributed by atoms with Crippen LogP contribution in [0.3, 0.4) is 0 Å². The molecule has 0 aliphatic heterocycles. The first-order chi connectivity index (χ1) is 26.8. The van der Waals surface area contributed by atoms with Crippen molar-refractivity contribution in [3.8, 4) is 22.3 Å². The van der Waals surface area contributed by atoms with Gasteiger partial charge in [-0.05, 0) is 176 Å². The van der Waals surface area contributed by atoms with Crippen LogP contribution >= 0.6 is 0 Å². The Morgan fingerprint density at radius 3 is 0.982 bits per heavy atom. The Balaban J connectivity index is 0.000000134. The zero-order chi connectivity index (χ0) is 39.5. The van der Waals surface area contributed by atoms with E-state index in [9.17, 15) is 16.8 Å². The molecule has 0 amide bonds. The normalized spacial score (nSPS) is 27.9. The summed E-state index contributed by atoms with van der Waals surface area (Å²) in [4.78, 5) is 0. The van der Waals surface area contributed by atoms with Crippen LogP contribution < -0.4 is 0 Å². The van der Waals surface area contributed by atoms with Gasteiger partial charge in [0.2, 0.25) is 0 Å². The summed E-state index contributed by atoms with van der Waals surface area (Å²) in [6.07, 6.45) is 18.2. The topological polar surface area (TPSA) is 97.7 Å². The number of rotatable bonds is 2. The van der Waals surface area contributed by atoms with Crippen molar-refractivity contribution < 1.29 is 25.6 Å². The molecule has 300 valence electrons. The van der Waals surface area contributed by atoms with Gasteiger partial charge in [-0.25, -0.2) is 0 Å². The summed E-state index contributed by atoms with van der Waals surface area (Å²) in [5.41, 5.74) is 11.7. The Bertz CT molecular complexity index is 1930. The van der Waals surface area contributed by atoms with Crippen molar-refractivity contribution in [2.24, 2.45) is 35.5 Å². The van der Waals surface area contributed by atoms with Gasteiger partial charge in [0.1, 0.15) is 0 Å². The minimum Gasteiger partial charge on any atom is -0.286 e. The zero-order valence-corrected chi connectivity index (χ0v) is 35.0. The molecule has 22 rings (SSSR count). The molecule has 0 radical (unpaired) electrons. The molecule has 4 fully saturated rings. The smallest absolute Gasteiger partial charge is 0.264 e. The van der Waals surface area contributed by atoms with Crippen molar-refractivity contribution in [1.29, 1.82) is 0 Å². The van der Waals surface area contributed by atoms with Gasteiger partial charge in [-0.1, -0.05) is 97.1 Å². The van der Waals surface area contributed by atoms with Gasteiger partial charge in [-0.15, -0.1) is 0 Å². The van der Waals surface area contributed by atoms with E-state index in [-0.39, 0.29) is 5.75 Å². The summed E-state index contributed by atoms with van der Waals surface area (Å²) >= 11 is 0. The molecule has 16 bridgehead atoms. The average molecular weight is 797 g/mol. The molecule has 18 aliphatic rings. The molecule has 0 spiro atoms. The summed E-state index contributed by atoms with van der Waals surface area (Å²) in [7, 11) is -5.70. The minimum absolute atomic E-state index is 0.201. The fourth-order valence-electron chi connectivity index (χ4n) is 11.1. The zero-order valence-electron chi connectivity index (χ0n) is 33.4. The van der Waals surface area contributed by atoms with Crippen LogP contribution in [0, 0.1) is 35.5 Å². The maximum atomic E-state index is 9.78. The Morgan fingerprint density at radius 1 is 0.482 bits per heavy atom. The van der Waals surface area contributed by atoms with E-state index in [0.717, 1.165) is 60.7 Å². The van der Waals surface area contributed by atoms with Gasteiger partial charge in [-0.2, -0.15) is 16.8 Å². The first kappa shape index (κ1) is 40.9. The van der Waals surface area contributed by atoms with Crippen LogP contribution in [0.4, 0.5) is 0 Å². The van der Waals surface area contributed by atoms with E-state index >= 15 is 0 Å². The molecule has 4 atom stereocenters. The van der Waals surface area contributed by atoms with Gasteiger partial charge in [0, 0.05) is 0 Å². The van der Waals surface area contributed by atoms with Crippen molar-refractivity contribution in [2.75, 3.05) is 19.1 Å². The lowest BCUT2D eigenvalue weighted by Gasteiger charge is -2.43. The lowest BCUT2D eigenvalue weighted by Crippen LogP contribution is -2.31. The number of hydrogen-bond acceptors (Lipinski definition) is 5. The second-order valence-electron chi connectivity index (χ2n) is 17.7. The Morgan fingerprint density at radius 2 is 0.732 bits per heavy atom. The van der Waals surface area contributed by atoms with Gasteiger partial charge in [0.15, 0.2) is 0 Å². The van der Waals surface area contributed by atoms with Crippen LogP contribution in [0.5, 0.6) is 0 Å². The maximum absolute atomic E-state index is 9.78. The van der Waals surface area contributed by atoms with E-state index in [1.54, 1.807) is 22.3 Å². The molecule has 4 aromatic carbocycles. The van der Waals surface area contributed by atoms with Crippen LogP contribution in [-0.4, -0.2) is 40.5 Å². The van der Waals surface area contributed by atoms with Gasteiger partial charge < -0.3 is 0 Å². The molecular weight excluding hydrogens is 737 g/mol. The van der Waals surface area contributed by atoms with Gasteiger partial charge in [0.25, 0.3) is 20.2 Å². The van der Waals surface area contributed by atoms with Crippen LogP contribution in [0.15, 0.2) is 97.1 Å². The molecule has 0 aromatic heterocycles. The molecule has 4 saturated carbocycles. The fraction of sp³-hybridized carbons (Fsp3) is 0.500. The molecule has 4 unspecified atom stereocenters. The summed E-state index contributed by atoms with van der Waals surface area (Å²) in [5.74, 6) is 7.21. The van der Waals surface area contributed by atoms with Crippen molar-refractivity contribution in [3.05, 3.63) is 119 Å². The van der Waals surface area contributed by atoms with Crippen molar-refractivity contribution in [2.45, 2.75) is 95.8 Å². The minimum atomic E-state index is -3.66. The van der Waals surface area contributed by atoms with Crippen LogP contribution in [-0.2, 0) is 37.3 Å². The molecular formula is C48H60O6S2. The van der Waals surface area contributed by atoms with E-state index in [2.05, 4.69) is 101 Å². The van der Waals surface area contributed by atoms with Gasteiger partial charge >= 0.3 is 0 Å². The average Bonchev–Trinajstić information content (AvgIpc) is 3.18. The van der Waals surface area contributed by atoms with Crippen LogP contribution in [0.25, 0.3) is 22.3 Å². The summed E-state index contributed by atoms with van der Waals surface area (Å²) < 4.78 is 50.4. The Kier molecular flexibility index (Phi) is 12.9. The highest BCUT2D eigenvalue weighted by atomic mass is 32.2. The third kappa shape index (κ3) is 11.0. The van der Waals surface area contributed by atoms with Crippen molar-refractivity contribution in [1.82, 2.24) is 0 Å². The predicted octanol–water partition coefficient (Wildman–Crippen LogP) is 11.1. The van der Waals surface area contributed by atoms with Crippen LogP contribution in [0.1, 0.15) is 105 Å². The van der Waals surface area contributed by atoms with Gasteiger partial charge in [0.05, 0.1) is 19.1 Å². The standard InChI is InChI=1S/2C22H24.2C2H6O3S/c2*1-3-19-4-2-15(1)9-16-10-17-12-18(11-16)14-22(13-17)21-7-5-20(19)6-8-21;1-5-6(2,3)4;1-2-6(3,4)5/h2*1-8,16-18,22H,9-14H2;1-2H3;2H2,1H3,(H,3,4,5). The summed E-state index contributed by atoms with van der Waals surface area (Å²) in [5, 5.41) is 0. The molecule has 6 nitrogen and oxygen atoms in total. The maximum Gasteiger partial charge on any atom is 0.264 e. The van der Waals surface area contributed by atoms with Crippen molar-refractivity contribution in [3.63, 3.8) is 0 Å². The Hall–Kier alpha value is -3.30. The molecule has 1 N–H and O–H groups in total. The van der Waals surface area contributed by atoms with E-state index in [4.69, 9.17) is 4.55 Å². The van der Waals surface area contributed by atoms with Gasteiger partial charge in [-0.3, -0.25) is 8.74 Å². The van der Waals surface area contributed by atoms with E-state index in [0.29, 0.717) is 0 Å². The quantitative estimate of drug-likeness (QED) is 0.160.